The number of thiophene rings is 1. The molecule has 5 rings (SSSR count). The normalized spacial score (nSPS) is 15.1. The predicted octanol–water partition coefficient (Wildman–Crippen LogP) is 5.73. The SMILES string of the molecule is CCN1CCN(c2cccc3c(O)n([C@H](CCCNCc4cccs4)c4ccc(OC)c(OC)c4)cc23)CC1. The molecule has 2 aromatic heterocycles. The van der Waals surface area contributed by atoms with Gasteiger partial charge in [-0.15, -0.1) is 11.3 Å². The third-order valence-corrected chi connectivity index (χ3v) is 8.71. The van der Waals surface area contributed by atoms with E-state index in [1.807, 2.05) is 18.2 Å². The number of fused-ring (bicyclic) bond motifs is 1. The van der Waals surface area contributed by atoms with Gasteiger partial charge in [0.15, 0.2) is 17.4 Å². The largest absolute Gasteiger partial charge is 0.494 e. The van der Waals surface area contributed by atoms with Crippen molar-refractivity contribution in [3.8, 4) is 17.4 Å². The minimum atomic E-state index is -0.0504. The number of aromatic nitrogens is 1. The number of methoxy groups -OCH3 is 2. The fourth-order valence-corrected chi connectivity index (χ4v) is 6.29. The van der Waals surface area contributed by atoms with Gasteiger partial charge in [-0.3, -0.25) is 0 Å². The molecule has 3 heterocycles. The summed E-state index contributed by atoms with van der Waals surface area (Å²) in [7, 11) is 3.32. The van der Waals surface area contributed by atoms with Crippen molar-refractivity contribution in [1.82, 2.24) is 14.8 Å². The highest BCUT2D eigenvalue weighted by molar-refractivity contribution is 7.09. The van der Waals surface area contributed by atoms with Gasteiger partial charge < -0.3 is 34.3 Å². The molecule has 0 unspecified atom stereocenters. The molecule has 0 spiro atoms. The highest BCUT2D eigenvalue weighted by Gasteiger charge is 2.24. The minimum absolute atomic E-state index is 0.0504. The molecule has 208 valence electrons. The zero-order valence-corrected chi connectivity index (χ0v) is 24.0. The predicted molar refractivity (Wildman–Crippen MR) is 161 cm³/mol. The first kappa shape index (κ1) is 27.4. The molecule has 39 heavy (non-hydrogen) atoms. The van der Waals surface area contributed by atoms with Crippen LogP contribution in [0.25, 0.3) is 10.8 Å². The molecule has 1 saturated heterocycles. The van der Waals surface area contributed by atoms with E-state index >= 15 is 0 Å². The molecular weight excluding hydrogens is 508 g/mol. The summed E-state index contributed by atoms with van der Waals surface area (Å²) in [5, 5.41) is 19.2. The lowest BCUT2D eigenvalue weighted by Gasteiger charge is -2.35. The van der Waals surface area contributed by atoms with Crippen LogP contribution in [0.4, 0.5) is 5.69 Å². The Balaban J connectivity index is 1.44. The van der Waals surface area contributed by atoms with E-state index in [1.54, 1.807) is 25.6 Å². The maximum atomic E-state index is 11.5. The van der Waals surface area contributed by atoms with Crippen molar-refractivity contribution < 1.29 is 14.6 Å². The molecule has 1 aliphatic rings. The van der Waals surface area contributed by atoms with Crippen LogP contribution < -0.4 is 19.7 Å². The Bertz CT molecular complexity index is 1350. The summed E-state index contributed by atoms with van der Waals surface area (Å²) < 4.78 is 13.2. The lowest BCUT2D eigenvalue weighted by Crippen LogP contribution is -2.46. The van der Waals surface area contributed by atoms with Crippen molar-refractivity contribution in [3.05, 3.63) is 70.5 Å². The number of hydrogen-bond acceptors (Lipinski definition) is 7. The Morgan fingerprint density at radius 3 is 2.51 bits per heavy atom. The number of benzene rings is 2. The number of piperazine rings is 1. The van der Waals surface area contributed by atoms with Crippen LogP contribution in [0.15, 0.2) is 60.1 Å². The van der Waals surface area contributed by atoms with Crippen LogP contribution in [0.2, 0.25) is 0 Å². The Morgan fingerprint density at radius 1 is 0.974 bits per heavy atom. The van der Waals surface area contributed by atoms with Crippen molar-refractivity contribution >= 4 is 27.8 Å². The van der Waals surface area contributed by atoms with Gasteiger partial charge in [-0.25, -0.2) is 0 Å². The second kappa shape index (κ2) is 12.8. The van der Waals surface area contributed by atoms with Crippen LogP contribution >= 0.6 is 11.3 Å². The highest BCUT2D eigenvalue weighted by atomic mass is 32.1. The molecule has 0 aliphatic carbocycles. The lowest BCUT2D eigenvalue weighted by molar-refractivity contribution is 0.271. The molecule has 0 bridgehead atoms. The summed E-state index contributed by atoms with van der Waals surface area (Å²) in [6, 6.07) is 16.6. The number of rotatable bonds is 12. The first-order valence-corrected chi connectivity index (χ1v) is 14.8. The number of aromatic hydroxyl groups is 1. The van der Waals surface area contributed by atoms with Gasteiger partial charge in [-0.2, -0.15) is 0 Å². The Morgan fingerprint density at radius 2 is 1.79 bits per heavy atom. The smallest absolute Gasteiger partial charge is 0.199 e. The Labute approximate surface area is 235 Å². The number of likely N-dealkylation sites (N-methyl/N-ethyl adjacent to an activating group) is 1. The van der Waals surface area contributed by atoms with E-state index < -0.39 is 0 Å². The summed E-state index contributed by atoms with van der Waals surface area (Å²) in [4.78, 5) is 6.28. The summed E-state index contributed by atoms with van der Waals surface area (Å²) in [5.41, 5.74) is 2.28. The van der Waals surface area contributed by atoms with Crippen LogP contribution in [-0.4, -0.2) is 68.1 Å². The molecule has 7 nitrogen and oxygen atoms in total. The molecule has 2 aromatic carbocycles. The number of anilines is 1. The molecule has 0 amide bonds. The Hall–Kier alpha value is -3.20. The van der Waals surface area contributed by atoms with E-state index in [2.05, 4.69) is 68.5 Å². The lowest BCUT2D eigenvalue weighted by atomic mass is 10.0. The number of ether oxygens (including phenoxy) is 2. The number of nitrogens with zero attached hydrogens (tertiary/aromatic N) is 3. The molecule has 1 fully saturated rings. The average Bonchev–Trinajstić information content (AvgIpc) is 3.62. The quantitative estimate of drug-likeness (QED) is 0.221. The molecule has 0 radical (unpaired) electrons. The van der Waals surface area contributed by atoms with Gasteiger partial charge in [0.05, 0.1) is 20.3 Å². The van der Waals surface area contributed by atoms with Crippen LogP contribution in [0.1, 0.15) is 36.2 Å². The van der Waals surface area contributed by atoms with Crippen LogP contribution in [0.5, 0.6) is 17.4 Å². The van der Waals surface area contributed by atoms with Gasteiger partial charge in [0.25, 0.3) is 0 Å². The summed E-state index contributed by atoms with van der Waals surface area (Å²) in [5.74, 6) is 1.71. The van der Waals surface area contributed by atoms with Crippen molar-refractivity contribution in [3.63, 3.8) is 0 Å². The second-order valence-corrected chi connectivity index (χ2v) is 11.1. The van der Waals surface area contributed by atoms with Gasteiger partial charge in [0, 0.05) is 60.3 Å². The van der Waals surface area contributed by atoms with Gasteiger partial charge in [-0.05, 0) is 67.2 Å². The summed E-state index contributed by atoms with van der Waals surface area (Å²) in [6.07, 6.45) is 3.98. The van der Waals surface area contributed by atoms with Gasteiger partial charge in [0.2, 0.25) is 0 Å². The maximum absolute atomic E-state index is 11.5. The van der Waals surface area contributed by atoms with Gasteiger partial charge in [0.1, 0.15) is 0 Å². The van der Waals surface area contributed by atoms with Crippen LogP contribution in [0, 0.1) is 0 Å². The van der Waals surface area contributed by atoms with E-state index in [1.165, 1.54) is 10.6 Å². The number of hydrogen-bond donors (Lipinski definition) is 2. The third-order valence-electron chi connectivity index (χ3n) is 7.84. The van der Waals surface area contributed by atoms with Crippen molar-refractivity contribution in [2.45, 2.75) is 32.4 Å². The molecule has 2 N–H and O–H groups in total. The van der Waals surface area contributed by atoms with E-state index in [9.17, 15) is 5.11 Å². The van der Waals surface area contributed by atoms with E-state index in [4.69, 9.17) is 9.47 Å². The van der Waals surface area contributed by atoms with Crippen molar-refractivity contribution in [2.24, 2.45) is 0 Å². The standard InChI is InChI=1S/C31H40N4O3S/c1-4-33-15-17-34(18-16-33)28-10-5-9-25-26(28)22-35(31(25)36)27(11-6-14-32-21-24-8-7-19-39-24)23-12-13-29(37-2)30(20-23)38-3/h5,7-10,12-13,19-20,22,27,32,36H,4,6,11,14-18,21H2,1-3H3/t27-/m1/s1. The molecule has 0 saturated carbocycles. The molecule has 1 aliphatic heterocycles. The first-order valence-electron chi connectivity index (χ1n) is 13.9. The van der Waals surface area contributed by atoms with Gasteiger partial charge >= 0.3 is 0 Å². The third kappa shape index (κ3) is 6.03. The van der Waals surface area contributed by atoms with E-state index in [0.29, 0.717) is 17.4 Å². The zero-order chi connectivity index (χ0) is 27.2. The maximum Gasteiger partial charge on any atom is 0.199 e. The average molecular weight is 549 g/mol. The number of nitrogens with one attached hydrogen (secondary N) is 1. The highest BCUT2D eigenvalue weighted by Crippen LogP contribution is 2.40. The second-order valence-electron chi connectivity index (χ2n) is 10.0. The minimum Gasteiger partial charge on any atom is -0.494 e. The van der Waals surface area contributed by atoms with Crippen LogP contribution in [0.3, 0.4) is 0 Å². The zero-order valence-electron chi connectivity index (χ0n) is 23.2. The van der Waals surface area contributed by atoms with Crippen molar-refractivity contribution in [2.75, 3.05) is 58.4 Å². The molecular formula is C31H40N4O3S. The molecule has 4 aromatic rings. The first-order chi connectivity index (χ1) is 19.1. The van der Waals surface area contributed by atoms with Gasteiger partial charge in [-0.1, -0.05) is 25.1 Å². The monoisotopic (exact) mass is 548 g/mol. The fourth-order valence-electron chi connectivity index (χ4n) is 5.61. The molecule has 1 atom stereocenters. The van der Waals surface area contributed by atoms with Crippen LogP contribution in [-0.2, 0) is 6.54 Å². The van der Waals surface area contributed by atoms with E-state index in [0.717, 1.165) is 75.0 Å². The summed E-state index contributed by atoms with van der Waals surface area (Å²) >= 11 is 1.78. The van der Waals surface area contributed by atoms with Crippen molar-refractivity contribution in [1.29, 1.82) is 0 Å². The van der Waals surface area contributed by atoms with E-state index in [-0.39, 0.29) is 6.04 Å². The summed E-state index contributed by atoms with van der Waals surface area (Å²) in [6.45, 7) is 9.20. The fraction of sp³-hybridized carbons (Fsp3) is 0.419. The topological polar surface area (TPSA) is 62.1 Å². The Kier molecular flexibility index (Phi) is 8.96. The molecule has 8 heteroatoms.